The van der Waals surface area contributed by atoms with Crippen LogP contribution in [0.4, 0.5) is 0 Å². The van der Waals surface area contributed by atoms with E-state index in [-0.39, 0.29) is 6.54 Å². The van der Waals surface area contributed by atoms with Crippen molar-refractivity contribution < 1.29 is 13.2 Å². The normalized spacial score (nSPS) is 11.8. The molecule has 0 aliphatic heterocycles. The molecule has 0 amide bonds. The minimum absolute atomic E-state index is 0.244. The van der Waals surface area contributed by atoms with Crippen LogP contribution in [0.1, 0.15) is 5.56 Å². The molecule has 0 heterocycles. The molecule has 96 valence electrons. The zero-order valence-electron chi connectivity index (χ0n) is 10.3. The fourth-order valence-electron chi connectivity index (χ4n) is 1.17. The maximum Gasteiger partial charge on any atom is 0.279 e. The summed E-state index contributed by atoms with van der Waals surface area (Å²) in [6.45, 7) is 2.52. The maximum atomic E-state index is 11.4. The first kappa shape index (κ1) is 14.0. The number of nitrogens with one attached hydrogen (secondary N) is 1. The smallest absolute Gasteiger partial charge is 0.279 e. The van der Waals surface area contributed by atoms with Gasteiger partial charge in [0.2, 0.25) is 0 Å². The highest BCUT2D eigenvalue weighted by molar-refractivity contribution is 7.87. The number of benzene rings is 1. The Bertz CT molecular complexity index is 458. The van der Waals surface area contributed by atoms with Crippen LogP contribution in [0.2, 0.25) is 0 Å². The van der Waals surface area contributed by atoms with Crippen molar-refractivity contribution in [1.29, 1.82) is 0 Å². The third-order valence-electron chi connectivity index (χ3n) is 2.13. The Labute approximate surface area is 103 Å². The number of hydrogen-bond donors (Lipinski definition) is 1. The minimum Gasteiger partial charge on any atom is -0.492 e. The molecule has 0 aliphatic carbocycles. The molecule has 1 rings (SSSR count). The van der Waals surface area contributed by atoms with E-state index in [0.717, 1.165) is 15.6 Å². The molecule has 0 radical (unpaired) electrons. The van der Waals surface area contributed by atoms with Crippen molar-refractivity contribution in [2.45, 2.75) is 6.92 Å². The van der Waals surface area contributed by atoms with Crippen molar-refractivity contribution in [1.82, 2.24) is 9.03 Å². The first-order valence-electron chi connectivity index (χ1n) is 5.28. The van der Waals surface area contributed by atoms with Crippen molar-refractivity contribution in [3.05, 3.63) is 29.8 Å². The standard InChI is InChI=1S/C11H18N2O3S/c1-10-5-4-6-11(9-10)16-8-7-12-17(14,15)13(2)3/h4-6,9,12H,7-8H2,1-3H3. The summed E-state index contributed by atoms with van der Waals surface area (Å²) in [5.74, 6) is 0.744. The average molecular weight is 258 g/mol. The molecule has 6 heteroatoms. The molecule has 0 aliphatic rings. The highest BCUT2D eigenvalue weighted by Crippen LogP contribution is 2.11. The van der Waals surface area contributed by atoms with Crippen LogP contribution in [0.15, 0.2) is 24.3 Å². The summed E-state index contributed by atoms with van der Waals surface area (Å²) in [5, 5.41) is 0. The van der Waals surface area contributed by atoms with Crippen LogP contribution >= 0.6 is 0 Å². The van der Waals surface area contributed by atoms with E-state index >= 15 is 0 Å². The van der Waals surface area contributed by atoms with Gasteiger partial charge in [0.15, 0.2) is 0 Å². The third-order valence-corrected chi connectivity index (χ3v) is 3.66. The number of ether oxygens (including phenoxy) is 1. The molecule has 0 spiro atoms. The van der Waals surface area contributed by atoms with Crippen molar-refractivity contribution in [3.8, 4) is 5.75 Å². The third kappa shape index (κ3) is 4.72. The van der Waals surface area contributed by atoms with E-state index in [9.17, 15) is 8.42 Å². The Balaban J connectivity index is 2.35. The van der Waals surface area contributed by atoms with Crippen molar-refractivity contribution in [3.63, 3.8) is 0 Å². The largest absolute Gasteiger partial charge is 0.492 e. The predicted molar refractivity (Wildman–Crippen MR) is 67.3 cm³/mol. The summed E-state index contributed by atoms with van der Waals surface area (Å²) < 4.78 is 31.7. The molecule has 0 saturated carbocycles. The summed E-state index contributed by atoms with van der Waals surface area (Å²) in [6, 6.07) is 7.62. The molecular weight excluding hydrogens is 240 g/mol. The average Bonchev–Trinajstić information content (AvgIpc) is 2.24. The molecular formula is C11H18N2O3S. The fourth-order valence-corrected chi connectivity index (χ4v) is 1.77. The zero-order chi connectivity index (χ0) is 12.9. The van der Waals surface area contributed by atoms with Gasteiger partial charge in [0, 0.05) is 20.6 Å². The van der Waals surface area contributed by atoms with Gasteiger partial charge in [0.1, 0.15) is 12.4 Å². The summed E-state index contributed by atoms with van der Waals surface area (Å²) in [4.78, 5) is 0. The van der Waals surface area contributed by atoms with E-state index in [1.54, 1.807) is 0 Å². The van der Waals surface area contributed by atoms with E-state index in [2.05, 4.69) is 4.72 Å². The molecule has 5 nitrogen and oxygen atoms in total. The van der Waals surface area contributed by atoms with Gasteiger partial charge in [-0.05, 0) is 24.6 Å². The molecule has 0 atom stereocenters. The highest BCUT2D eigenvalue weighted by Gasteiger charge is 2.11. The van der Waals surface area contributed by atoms with E-state index in [4.69, 9.17) is 4.74 Å². The van der Waals surface area contributed by atoms with E-state index in [1.807, 2.05) is 31.2 Å². The Hall–Kier alpha value is -1.11. The lowest BCUT2D eigenvalue weighted by Gasteiger charge is -2.12. The molecule has 17 heavy (non-hydrogen) atoms. The van der Waals surface area contributed by atoms with Crippen LogP contribution in [0, 0.1) is 6.92 Å². The summed E-state index contributed by atoms with van der Waals surface area (Å²) >= 11 is 0. The summed E-state index contributed by atoms with van der Waals surface area (Å²) in [6.07, 6.45) is 0. The first-order chi connectivity index (χ1) is 7.92. The number of aryl methyl sites for hydroxylation is 1. The van der Waals surface area contributed by atoms with E-state index < -0.39 is 10.2 Å². The quantitative estimate of drug-likeness (QED) is 0.767. The Morgan fingerprint density at radius 3 is 2.65 bits per heavy atom. The van der Waals surface area contributed by atoms with E-state index in [1.165, 1.54) is 14.1 Å². The Morgan fingerprint density at radius 1 is 1.35 bits per heavy atom. The molecule has 0 unspecified atom stereocenters. The van der Waals surface area contributed by atoms with Crippen LogP contribution in [-0.4, -0.2) is 40.0 Å². The number of rotatable bonds is 6. The van der Waals surface area contributed by atoms with Gasteiger partial charge in [-0.15, -0.1) is 0 Å². The molecule has 0 bridgehead atoms. The topological polar surface area (TPSA) is 58.6 Å². The lowest BCUT2D eigenvalue weighted by atomic mass is 10.2. The van der Waals surface area contributed by atoms with Gasteiger partial charge < -0.3 is 4.74 Å². The molecule has 0 saturated heterocycles. The van der Waals surface area contributed by atoms with Crippen molar-refractivity contribution >= 4 is 10.2 Å². The van der Waals surface area contributed by atoms with Crippen molar-refractivity contribution in [2.24, 2.45) is 0 Å². The van der Waals surface area contributed by atoms with Gasteiger partial charge in [0.25, 0.3) is 10.2 Å². The first-order valence-corrected chi connectivity index (χ1v) is 6.72. The van der Waals surface area contributed by atoms with Gasteiger partial charge in [-0.1, -0.05) is 12.1 Å². The zero-order valence-corrected chi connectivity index (χ0v) is 11.1. The molecule has 1 aromatic rings. The SMILES string of the molecule is Cc1cccc(OCCNS(=O)(=O)N(C)C)c1. The van der Waals surface area contributed by atoms with Gasteiger partial charge in [-0.25, -0.2) is 0 Å². The number of hydrogen-bond acceptors (Lipinski definition) is 3. The summed E-state index contributed by atoms with van der Waals surface area (Å²) in [5.41, 5.74) is 1.11. The van der Waals surface area contributed by atoms with Crippen LogP contribution in [0.3, 0.4) is 0 Å². The fraction of sp³-hybridized carbons (Fsp3) is 0.455. The second-order valence-corrected chi connectivity index (χ2v) is 5.82. The van der Waals surface area contributed by atoms with Crippen LogP contribution in [0.5, 0.6) is 5.75 Å². The van der Waals surface area contributed by atoms with Crippen LogP contribution in [-0.2, 0) is 10.2 Å². The van der Waals surface area contributed by atoms with Gasteiger partial charge in [-0.2, -0.15) is 17.4 Å². The second-order valence-electron chi connectivity index (χ2n) is 3.85. The van der Waals surface area contributed by atoms with Gasteiger partial charge in [-0.3, -0.25) is 0 Å². The second kappa shape index (κ2) is 6.00. The monoisotopic (exact) mass is 258 g/mol. The maximum absolute atomic E-state index is 11.4. The molecule has 0 aromatic heterocycles. The molecule has 0 fully saturated rings. The van der Waals surface area contributed by atoms with Gasteiger partial charge >= 0.3 is 0 Å². The van der Waals surface area contributed by atoms with Crippen LogP contribution < -0.4 is 9.46 Å². The highest BCUT2D eigenvalue weighted by atomic mass is 32.2. The lowest BCUT2D eigenvalue weighted by molar-refractivity contribution is 0.321. The predicted octanol–water partition coefficient (Wildman–Crippen LogP) is 0.770. The molecule has 1 N–H and O–H groups in total. The number of nitrogens with zero attached hydrogens (tertiary/aromatic N) is 1. The van der Waals surface area contributed by atoms with Gasteiger partial charge in [0.05, 0.1) is 0 Å². The molecule has 1 aromatic carbocycles. The minimum atomic E-state index is -3.36. The Kier molecular flexibility index (Phi) is 4.92. The lowest BCUT2D eigenvalue weighted by Crippen LogP contribution is -2.37. The van der Waals surface area contributed by atoms with E-state index in [0.29, 0.717) is 6.61 Å². The van der Waals surface area contributed by atoms with Crippen LogP contribution in [0.25, 0.3) is 0 Å². The summed E-state index contributed by atoms with van der Waals surface area (Å²) in [7, 11) is -0.406. The Morgan fingerprint density at radius 2 is 2.06 bits per heavy atom. The van der Waals surface area contributed by atoms with Crippen molar-refractivity contribution in [2.75, 3.05) is 27.2 Å².